The number of thioether (sulfide) groups is 1. The van der Waals surface area contributed by atoms with Crippen molar-refractivity contribution in [1.29, 1.82) is 0 Å². The predicted molar refractivity (Wildman–Crippen MR) is 109 cm³/mol. The lowest BCUT2D eigenvalue weighted by Crippen LogP contribution is -2.30. The third kappa shape index (κ3) is 3.62. The van der Waals surface area contributed by atoms with Gasteiger partial charge in [0.25, 0.3) is 0 Å². The Labute approximate surface area is 163 Å². The molecule has 2 aromatic heterocycles. The molecule has 0 saturated heterocycles. The SMILES string of the molecule is CC(C)c1ccc(-n2ccnc2SCC(=O)N2CCc3ccncc32)cc1. The highest BCUT2D eigenvalue weighted by atomic mass is 32.2. The highest BCUT2D eigenvalue weighted by Crippen LogP contribution is 2.28. The number of nitrogens with zero attached hydrogens (tertiary/aromatic N) is 4. The number of amides is 1. The molecule has 5 nitrogen and oxygen atoms in total. The molecule has 1 aliphatic heterocycles. The Bertz CT molecular complexity index is 949. The van der Waals surface area contributed by atoms with E-state index in [0.717, 1.165) is 29.5 Å². The van der Waals surface area contributed by atoms with E-state index >= 15 is 0 Å². The zero-order valence-corrected chi connectivity index (χ0v) is 16.3. The van der Waals surface area contributed by atoms with Gasteiger partial charge in [-0.15, -0.1) is 0 Å². The van der Waals surface area contributed by atoms with Crippen LogP contribution < -0.4 is 4.90 Å². The molecule has 0 atom stereocenters. The number of benzene rings is 1. The van der Waals surface area contributed by atoms with Crippen molar-refractivity contribution < 1.29 is 4.79 Å². The summed E-state index contributed by atoms with van der Waals surface area (Å²) in [7, 11) is 0. The molecule has 0 saturated carbocycles. The number of rotatable bonds is 5. The number of aromatic nitrogens is 3. The summed E-state index contributed by atoms with van der Waals surface area (Å²) in [5.41, 5.74) is 4.50. The lowest BCUT2D eigenvalue weighted by Gasteiger charge is -2.16. The number of carbonyl (C=O) groups is 1. The van der Waals surface area contributed by atoms with Gasteiger partial charge in [-0.25, -0.2) is 4.98 Å². The fraction of sp³-hybridized carbons (Fsp3) is 0.286. The molecule has 0 unspecified atom stereocenters. The standard InChI is InChI=1S/C21H22N4OS/c1-15(2)16-3-5-18(6-4-16)24-12-10-23-21(24)27-14-20(26)25-11-8-17-7-9-22-13-19(17)25/h3-7,9-10,12-13,15H,8,11,14H2,1-2H3. The van der Waals surface area contributed by atoms with Gasteiger partial charge in [0.05, 0.1) is 17.6 Å². The van der Waals surface area contributed by atoms with Gasteiger partial charge in [-0.1, -0.05) is 37.7 Å². The number of anilines is 1. The zero-order chi connectivity index (χ0) is 18.8. The first-order chi connectivity index (χ1) is 13.1. The van der Waals surface area contributed by atoms with Crippen molar-refractivity contribution in [2.75, 3.05) is 17.2 Å². The van der Waals surface area contributed by atoms with E-state index in [9.17, 15) is 4.79 Å². The molecular formula is C21H22N4OS. The maximum Gasteiger partial charge on any atom is 0.237 e. The van der Waals surface area contributed by atoms with Crippen LogP contribution in [0.4, 0.5) is 5.69 Å². The Morgan fingerprint density at radius 3 is 2.78 bits per heavy atom. The van der Waals surface area contributed by atoms with Crippen LogP contribution in [-0.4, -0.2) is 32.7 Å². The van der Waals surface area contributed by atoms with Crippen molar-refractivity contribution in [3.05, 3.63) is 66.2 Å². The van der Waals surface area contributed by atoms with E-state index in [1.54, 1.807) is 18.6 Å². The van der Waals surface area contributed by atoms with Crippen LogP contribution in [-0.2, 0) is 11.2 Å². The average Bonchev–Trinajstić information content (AvgIpc) is 3.33. The second-order valence-electron chi connectivity index (χ2n) is 6.91. The second-order valence-corrected chi connectivity index (χ2v) is 7.86. The monoisotopic (exact) mass is 378 g/mol. The number of pyridine rings is 1. The van der Waals surface area contributed by atoms with E-state index < -0.39 is 0 Å². The minimum absolute atomic E-state index is 0.0939. The van der Waals surface area contributed by atoms with E-state index in [2.05, 4.69) is 48.1 Å². The van der Waals surface area contributed by atoms with Gasteiger partial charge in [-0.2, -0.15) is 0 Å². The first kappa shape index (κ1) is 17.8. The largest absolute Gasteiger partial charge is 0.310 e. The third-order valence-corrected chi connectivity index (χ3v) is 5.81. The Hall–Kier alpha value is -2.60. The summed E-state index contributed by atoms with van der Waals surface area (Å²) in [4.78, 5) is 23.1. The van der Waals surface area contributed by atoms with Gasteiger partial charge in [0, 0.05) is 30.8 Å². The van der Waals surface area contributed by atoms with Gasteiger partial charge in [0.15, 0.2) is 5.16 Å². The zero-order valence-electron chi connectivity index (χ0n) is 15.5. The normalized spacial score (nSPS) is 13.2. The van der Waals surface area contributed by atoms with Gasteiger partial charge in [-0.3, -0.25) is 14.3 Å². The van der Waals surface area contributed by atoms with E-state index in [-0.39, 0.29) is 5.91 Å². The molecule has 0 aliphatic carbocycles. The van der Waals surface area contributed by atoms with Crippen LogP contribution in [0.15, 0.2) is 60.3 Å². The van der Waals surface area contributed by atoms with Crippen LogP contribution in [0.25, 0.3) is 5.69 Å². The highest BCUT2D eigenvalue weighted by Gasteiger charge is 2.24. The molecule has 1 aliphatic rings. The number of hydrogen-bond acceptors (Lipinski definition) is 4. The molecule has 1 aromatic carbocycles. The van der Waals surface area contributed by atoms with E-state index in [1.807, 2.05) is 21.7 Å². The van der Waals surface area contributed by atoms with E-state index in [1.165, 1.54) is 22.9 Å². The molecule has 3 heterocycles. The van der Waals surface area contributed by atoms with Crippen LogP contribution in [0.2, 0.25) is 0 Å². The number of hydrogen-bond donors (Lipinski definition) is 0. The Kier molecular flexibility index (Phi) is 4.99. The molecule has 0 N–H and O–H groups in total. The topological polar surface area (TPSA) is 51.0 Å². The molecule has 138 valence electrons. The Balaban J connectivity index is 1.46. The minimum Gasteiger partial charge on any atom is -0.310 e. The van der Waals surface area contributed by atoms with Crippen molar-refractivity contribution >= 4 is 23.4 Å². The lowest BCUT2D eigenvalue weighted by atomic mass is 10.0. The lowest BCUT2D eigenvalue weighted by molar-refractivity contribution is -0.116. The maximum atomic E-state index is 12.7. The van der Waals surface area contributed by atoms with Gasteiger partial charge in [0.2, 0.25) is 5.91 Å². The average molecular weight is 379 g/mol. The maximum absolute atomic E-state index is 12.7. The number of imidazole rings is 1. The van der Waals surface area contributed by atoms with Gasteiger partial charge in [0.1, 0.15) is 0 Å². The molecule has 0 radical (unpaired) electrons. The summed E-state index contributed by atoms with van der Waals surface area (Å²) in [5, 5.41) is 0.825. The first-order valence-electron chi connectivity index (χ1n) is 9.13. The van der Waals surface area contributed by atoms with Gasteiger partial charge in [-0.05, 0) is 41.7 Å². The fourth-order valence-corrected chi connectivity index (χ4v) is 4.15. The number of fused-ring (bicyclic) bond motifs is 1. The molecule has 4 rings (SSSR count). The van der Waals surface area contributed by atoms with Crippen molar-refractivity contribution in [3.8, 4) is 5.69 Å². The summed E-state index contributed by atoms with van der Waals surface area (Å²) < 4.78 is 2.03. The Morgan fingerprint density at radius 1 is 1.19 bits per heavy atom. The van der Waals surface area contributed by atoms with Gasteiger partial charge < -0.3 is 4.90 Å². The van der Waals surface area contributed by atoms with Crippen molar-refractivity contribution in [1.82, 2.24) is 14.5 Å². The van der Waals surface area contributed by atoms with Crippen LogP contribution in [0.3, 0.4) is 0 Å². The quantitative estimate of drug-likeness (QED) is 0.628. The smallest absolute Gasteiger partial charge is 0.237 e. The molecule has 0 spiro atoms. The third-order valence-electron chi connectivity index (χ3n) is 4.85. The summed E-state index contributed by atoms with van der Waals surface area (Å²) in [6, 6.07) is 10.5. The predicted octanol–water partition coefficient (Wildman–Crippen LogP) is 4.07. The highest BCUT2D eigenvalue weighted by molar-refractivity contribution is 7.99. The Morgan fingerprint density at radius 2 is 2.00 bits per heavy atom. The summed E-state index contributed by atoms with van der Waals surface area (Å²) in [5.74, 6) is 0.956. The van der Waals surface area contributed by atoms with Crippen LogP contribution in [0.5, 0.6) is 0 Å². The molecule has 27 heavy (non-hydrogen) atoms. The fourth-order valence-electron chi connectivity index (χ4n) is 3.30. The van der Waals surface area contributed by atoms with Crippen molar-refractivity contribution in [2.45, 2.75) is 31.3 Å². The van der Waals surface area contributed by atoms with E-state index in [4.69, 9.17) is 0 Å². The molecular weight excluding hydrogens is 356 g/mol. The second kappa shape index (κ2) is 7.56. The summed E-state index contributed by atoms with van der Waals surface area (Å²) >= 11 is 1.47. The summed E-state index contributed by atoms with van der Waals surface area (Å²) in [6.07, 6.45) is 8.17. The molecule has 3 aromatic rings. The van der Waals surface area contributed by atoms with E-state index in [0.29, 0.717) is 11.7 Å². The summed E-state index contributed by atoms with van der Waals surface area (Å²) in [6.45, 7) is 5.10. The number of carbonyl (C=O) groups excluding carboxylic acids is 1. The minimum atomic E-state index is 0.0939. The molecule has 6 heteroatoms. The van der Waals surface area contributed by atoms with Crippen LogP contribution in [0.1, 0.15) is 30.9 Å². The molecule has 0 fully saturated rings. The van der Waals surface area contributed by atoms with Gasteiger partial charge >= 0.3 is 0 Å². The molecule has 0 bridgehead atoms. The van der Waals surface area contributed by atoms with Crippen LogP contribution >= 0.6 is 11.8 Å². The van der Waals surface area contributed by atoms with Crippen molar-refractivity contribution in [2.24, 2.45) is 0 Å². The first-order valence-corrected chi connectivity index (χ1v) is 10.1. The molecule has 1 amide bonds. The van der Waals surface area contributed by atoms with Crippen molar-refractivity contribution in [3.63, 3.8) is 0 Å². The van der Waals surface area contributed by atoms with Crippen LogP contribution in [0, 0.1) is 0 Å².